The molecule has 1 aromatic heterocycles. The highest BCUT2D eigenvalue weighted by Crippen LogP contribution is 2.22. The molecule has 0 saturated heterocycles. The SMILES string of the molecule is CCC(=O)c1cc2ccc(OC(C)C)cc2[nH]1. The number of ketones is 1. The lowest BCUT2D eigenvalue weighted by Crippen LogP contribution is -2.05. The van der Waals surface area contributed by atoms with Crippen LogP contribution < -0.4 is 4.74 Å². The van der Waals surface area contributed by atoms with Crippen molar-refractivity contribution < 1.29 is 9.53 Å². The van der Waals surface area contributed by atoms with E-state index in [-0.39, 0.29) is 11.9 Å². The van der Waals surface area contributed by atoms with Gasteiger partial charge in [-0.2, -0.15) is 0 Å². The first-order valence-corrected chi connectivity index (χ1v) is 5.92. The molecule has 3 heteroatoms. The Hall–Kier alpha value is -1.77. The van der Waals surface area contributed by atoms with Gasteiger partial charge in [0.2, 0.25) is 0 Å². The number of nitrogens with one attached hydrogen (secondary N) is 1. The molecule has 0 atom stereocenters. The summed E-state index contributed by atoms with van der Waals surface area (Å²) >= 11 is 0. The number of carbonyl (C=O) groups excluding carboxylic acids is 1. The Morgan fingerprint density at radius 2 is 2.12 bits per heavy atom. The van der Waals surface area contributed by atoms with E-state index in [1.165, 1.54) is 0 Å². The predicted octanol–water partition coefficient (Wildman–Crippen LogP) is 3.55. The molecule has 0 unspecified atom stereocenters. The standard InChI is InChI=1S/C14H17NO2/c1-4-14(16)13-7-10-5-6-11(17-9(2)3)8-12(10)15-13/h5-9,15H,4H2,1-3H3. The number of hydrogen-bond donors (Lipinski definition) is 1. The number of H-pyrrole nitrogens is 1. The maximum absolute atomic E-state index is 11.6. The molecular formula is C14H17NO2. The average Bonchev–Trinajstić information content (AvgIpc) is 2.70. The second-order valence-electron chi connectivity index (χ2n) is 4.38. The van der Waals surface area contributed by atoms with Gasteiger partial charge in [-0.1, -0.05) is 6.92 Å². The number of aromatic nitrogens is 1. The lowest BCUT2D eigenvalue weighted by molar-refractivity contribution is 0.0984. The van der Waals surface area contributed by atoms with Crippen LogP contribution in [0.3, 0.4) is 0 Å². The molecule has 0 fully saturated rings. The number of fused-ring (bicyclic) bond motifs is 1. The van der Waals surface area contributed by atoms with Gasteiger partial charge in [0, 0.05) is 23.4 Å². The first kappa shape index (κ1) is 11.7. The molecule has 1 heterocycles. The molecule has 3 nitrogen and oxygen atoms in total. The minimum Gasteiger partial charge on any atom is -0.491 e. The molecule has 2 aromatic rings. The van der Waals surface area contributed by atoms with Gasteiger partial charge in [0.25, 0.3) is 0 Å². The maximum atomic E-state index is 11.6. The summed E-state index contributed by atoms with van der Waals surface area (Å²) in [6.45, 7) is 5.84. The van der Waals surface area contributed by atoms with Crippen LogP contribution in [0.5, 0.6) is 5.75 Å². The first-order valence-electron chi connectivity index (χ1n) is 5.92. The second-order valence-corrected chi connectivity index (χ2v) is 4.38. The Labute approximate surface area is 101 Å². The van der Waals surface area contributed by atoms with Crippen molar-refractivity contribution >= 4 is 16.7 Å². The number of carbonyl (C=O) groups is 1. The molecule has 0 aliphatic carbocycles. The van der Waals surface area contributed by atoms with E-state index >= 15 is 0 Å². The number of aromatic amines is 1. The topological polar surface area (TPSA) is 42.1 Å². The summed E-state index contributed by atoms with van der Waals surface area (Å²) in [5.41, 5.74) is 1.61. The molecule has 0 amide bonds. The minimum atomic E-state index is 0.132. The van der Waals surface area contributed by atoms with Crippen LogP contribution in [0.4, 0.5) is 0 Å². The quantitative estimate of drug-likeness (QED) is 0.818. The highest BCUT2D eigenvalue weighted by atomic mass is 16.5. The smallest absolute Gasteiger partial charge is 0.178 e. The van der Waals surface area contributed by atoms with E-state index in [1.54, 1.807) is 0 Å². The largest absolute Gasteiger partial charge is 0.491 e. The van der Waals surface area contributed by atoms with Crippen molar-refractivity contribution in [1.29, 1.82) is 0 Å². The molecule has 2 rings (SSSR count). The van der Waals surface area contributed by atoms with Crippen LogP contribution in [-0.2, 0) is 0 Å². The van der Waals surface area contributed by atoms with Crippen LogP contribution in [0.15, 0.2) is 24.3 Å². The third-order valence-electron chi connectivity index (χ3n) is 2.59. The lowest BCUT2D eigenvalue weighted by Gasteiger charge is -2.08. The normalized spacial score (nSPS) is 11.1. The van der Waals surface area contributed by atoms with Gasteiger partial charge < -0.3 is 9.72 Å². The summed E-state index contributed by atoms with van der Waals surface area (Å²) in [6, 6.07) is 7.72. The van der Waals surface area contributed by atoms with Crippen LogP contribution >= 0.6 is 0 Å². The van der Waals surface area contributed by atoms with Crippen molar-refractivity contribution in [3.8, 4) is 5.75 Å². The first-order chi connectivity index (χ1) is 8.10. The number of Topliss-reactive ketones (excluding diaryl/α,β-unsaturated/α-hetero) is 1. The fourth-order valence-corrected chi connectivity index (χ4v) is 1.79. The predicted molar refractivity (Wildman–Crippen MR) is 68.7 cm³/mol. The molecule has 90 valence electrons. The van der Waals surface area contributed by atoms with E-state index in [0.29, 0.717) is 12.1 Å². The van der Waals surface area contributed by atoms with Crippen LogP contribution in [0, 0.1) is 0 Å². The number of rotatable bonds is 4. The van der Waals surface area contributed by atoms with E-state index < -0.39 is 0 Å². The number of benzene rings is 1. The van der Waals surface area contributed by atoms with Gasteiger partial charge in [-0.15, -0.1) is 0 Å². The van der Waals surface area contributed by atoms with Crippen LogP contribution in [0.2, 0.25) is 0 Å². The Morgan fingerprint density at radius 3 is 2.76 bits per heavy atom. The van der Waals surface area contributed by atoms with E-state index in [0.717, 1.165) is 16.7 Å². The summed E-state index contributed by atoms with van der Waals surface area (Å²) in [7, 11) is 0. The molecule has 0 spiro atoms. The number of hydrogen-bond acceptors (Lipinski definition) is 2. The fourth-order valence-electron chi connectivity index (χ4n) is 1.79. The van der Waals surface area contributed by atoms with Crippen LogP contribution in [0.25, 0.3) is 10.9 Å². The Balaban J connectivity index is 2.37. The zero-order chi connectivity index (χ0) is 12.4. The third-order valence-corrected chi connectivity index (χ3v) is 2.59. The molecule has 17 heavy (non-hydrogen) atoms. The Kier molecular flexibility index (Phi) is 3.18. The van der Waals surface area contributed by atoms with Gasteiger partial charge in [0.05, 0.1) is 11.8 Å². The summed E-state index contributed by atoms with van der Waals surface area (Å²) in [5.74, 6) is 0.956. The van der Waals surface area contributed by atoms with Crippen LogP contribution in [0.1, 0.15) is 37.7 Å². The van der Waals surface area contributed by atoms with Crippen molar-refractivity contribution in [1.82, 2.24) is 4.98 Å². The van der Waals surface area contributed by atoms with Crippen molar-refractivity contribution in [2.24, 2.45) is 0 Å². The van der Waals surface area contributed by atoms with Gasteiger partial charge in [0.1, 0.15) is 5.75 Å². The molecule has 0 radical (unpaired) electrons. The highest BCUT2D eigenvalue weighted by molar-refractivity contribution is 5.99. The van der Waals surface area contributed by atoms with Gasteiger partial charge in [-0.25, -0.2) is 0 Å². The Bertz CT molecular complexity index is 540. The van der Waals surface area contributed by atoms with Gasteiger partial charge >= 0.3 is 0 Å². The van der Waals surface area contributed by atoms with Crippen molar-refractivity contribution in [2.75, 3.05) is 0 Å². The summed E-state index contributed by atoms with van der Waals surface area (Å²) in [5, 5.41) is 1.04. The molecule has 1 aromatic carbocycles. The summed E-state index contributed by atoms with van der Waals surface area (Å²) in [6.07, 6.45) is 0.668. The zero-order valence-corrected chi connectivity index (χ0v) is 10.4. The average molecular weight is 231 g/mol. The van der Waals surface area contributed by atoms with Crippen molar-refractivity contribution in [2.45, 2.75) is 33.3 Å². The van der Waals surface area contributed by atoms with E-state index in [4.69, 9.17) is 4.74 Å². The minimum absolute atomic E-state index is 0.132. The summed E-state index contributed by atoms with van der Waals surface area (Å²) in [4.78, 5) is 14.7. The van der Waals surface area contributed by atoms with E-state index in [1.807, 2.05) is 45.0 Å². The van der Waals surface area contributed by atoms with E-state index in [2.05, 4.69) is 4.98 Å². The monoisotopic (exact) mass is 231 g/mol. The number of ether oxygens (including phenoxy) is 1. The summed E-state index contributed by atoms with van der Waals surface area (Å²) < 4.78 is 5.61. The lowest BCUT2D eigenvalue weighted by atomic mass is 10.2. The van der Waals surface area contributed by atoms with E-state index in [9.17, 15) is 4.79 Å². The second kappa shape index (κ2) is 4.62. The zero-order valence-electron chi connectivity index (χ0n) is 10.4. The molecule has 0 saturated carbocycles. The Morgan fingerprint density at radius 1 is 1.35 bits per heavy atom. The van der Waals surface area contributed by atoms with Gasteiger partial charge in [-0.3, -0.25) is 4.79 Å². The highest BCUT2D eigenvalue weighted by Gasteiger charge is 2.08. The van der Waals surface area contributed by atoms with Gasteiger partial charge in [-0.05, 0) is 32.0 Å². The maximum Gasteiger partial charge on any atom is 0.178 e. The van der Waals surface area contributed by atoms with Crippen molar-refractivity contribution in [3.05, 3.63) is 30.0 Å². The molecular weight excluding hydrogens is 214 g/mol. The van der Waals surface area contributed by atoms with Crippen LogP contribution in [-0.4, -0.2) is 16.9 Å². The molecule has 0 bridgehead atoms. The fraction of sp³-hybridized carbons (Fsp3) is 0.357. The molecule has 0 aliphatic heterocycles. The molecule has 1 N–H and O–H groups in total. The van der Waals surface area contributed by atoms with Gasteiger partial charge in [0.15, 0.2) is 5.78 Å². The molecule has 0 aliphatic rings. The third kappa shape index (κ3) is 2.49. The van der Waals surface area contributed by atoms with Crippen molar-refractivity contribution in [3.63, 3.8) is 0 Å².